The Kier molecular flexibility index (Phi) is 5.61. The number of rotatable bonds is 4. The number of aromatic nitrogens is 4. The van der Waals surface area contributed by atoms with E-state index < -0.39 is 12.2 Å². The molecular formula is C29H29FN6O. The molecule has 2 aliphatic rings. The summed E-state index contributed by atoms with van der Waals surface area (Å²) in [6, 6.07) is 13.0. The third-order valence-electron chi connectivity index (χ3n) is 7.13. The van der Waals surface area contributed by atoms with E-state index in [1.807, 2.05) is 47.9 Å². The molecule has 0 aliphatic carbocycles. The van der Waals surface area contributed by atoms with Gasteiger partial charge in [-0.1, -0.05) is 30.0 Å². The first-order valence-corrected chi connectivity index (χ1v) is 12.5. The van der Waals surface area contributed by atoms with E-state index in [-0.39, 0.29) is 24.3 Å². The van der Waals surface area contributed by atoms with E-state index >= 15 is 0 Å². The molecule has 1 amide bonds. The van der Waals surface area contributed by atoms with Crippen LogP contribution in [0.15, 0.2) is 48.8 Å². The molecule has 1 saturated heterocycles. The summed E-state index contributed by atoms with van der Waals surface area (Å²) in [6.45, 7) is 6.15. The molecular weight excluding hydrogens is 467 g/mol. The van der Waals surface area contributed by atoms with Crippen LogP contribution in [0, 0.1) is 24.2 Å². The quantitative estimate of drug-likeness (QED) is 0.422. The fourth-order valence-corrected chi connectivity index (χ4v) is 5.59. The molecule has 188 valence electrons. The van der Waals surface area contributed by atoms with E-state index in [1.165, 1.54) is 0 Å². The van der Waals surface area contributed by atoms with E-state index in [1.54, 1.807) is 12.4 Å². The van der Waals surface area contributed by atoms with Gasteiger partial charge in [-0.15, -0.1) is 0 Å². The predicted octanol–water partition coefficient (Wildman–Crippen LogP) is 3.78. The number of hydrogen-bond donors (Lipinski definition) is 2. The standard InChI is InChI=1S/C29H29FN6O/c1-18-10-19(8-9-29(2)15-35(3)16-29)11-24(32-18)28(37)34-26(23-12-20-6-4-5-7-22(20)33-23)27-25-13-21(30)14-36(25)17-31-27/h4-7,10-12,17,21,26,33H,13-16H2,1-3H3,(H,34,37)/t21-,26?/m1/s1. The summed E-state index contributed by atoms with van der Waals surface area (Å²) < 4.78 is 16.0. The zero-order valence-electron chi connectivity index (χ0n) is 21.2. The lowest BCUT2D eigenvalue weighted by atomic mass is 9.83. The van der Waals surface area contributed by atoms with Crippen molar-refractivity contribution in [2.45, 2.75) is 39.0 Å². The highest BCUT2D eigenvalue weighted by Gasteiger charge is 2.34. The number of carbonyl (C=O) groups is 1. The average Bonchev–Trinajstić information content (AvgIpc) is 3.53. The largest absolute Gasteiger partial charge is 0.356 e. The number of carbonyl (C=O) groups excluding carboxylic acids is 1. The third-order valence-corrected chi connectivity index (χ3v) is 7.13. The van der Waals surface area contributed by atoms with Crippen LogP contribution >= 0.6 is 0 Å². The minimum atomic E-state index is -0.951. The molecule has 7 nitrogen and oxygen atoms in total. The van der Waals surface area contributed by atoms with Crippen molar-refractivity contribution in [1.29, 1.82) is 0 Å². The van der Waals surface area contributed by atoms with Gasteiger partial charge >= 0.3 is 0 Å². The van der Waals surface area contributed by atoms with E-state index in [0.717, 1.165) is 46.6 Å². The predicted molar refractivity (Wildman–Crippen MR) is 140 cm³/mol. The van der Waals surface area contributed by atoms with Crippen LogP contribution < -0.4 is 5.32 Å². The average molecular weight is 497 g/mol. The number of amides is 1. The molecule has 1 fully saturated rings. The number of para-hydroxylation sites is 1. The molecule has 2 N–H and O–H groups in total. The van der Waals surface area contributed by atoms with E-state index in [4.69, 9.17) is 0 Å². The van der Waals surface area contributed by atoms with Gasteiger partial charge < -0.3 is 19.8 Å². The summed E-state index contributed by atoms with van der Waals surface area (Å²) in [5, 5.41) is 4.15. The number of pyridine rings is 1. The van der Waals surface area contributed by atoms with Crippen LogP contribution in [0.25, 0.3) is 10.9 Å². The number of hydrogen-bond acceptors (Lipinski definition) is 4. The lowest BCUT2D eigenvalue weighted by Crippen LogP contribution is -2.51. The maximum atomic E-state index is 14.2. The number of halogens is 1. The Morgan fingerprint density at radius 2 is 2.08 bits per heavy atom. The molecule has 0 bridgehead atoms. The molecule has 0 spiro atoms. The van der Waals surface area contributed by atoms with Crippen molar-refractivity contribution in [3.05, 3.63) is 82.8 Å². The van der Waals surface area contributed by atoms with Crippen LogP contribution in [0.3, 0.4) is 0 Å². The second kappa shape index (κ2) is 8.86. The second-order valence-electron chi connectivity index (χ2n) is 10.6. The molecule has 8 heteroatoms. The fourth-order valence-electron chi connectivity index (χ4n) is 5.59. The number of H-pyrrole nitrogens is 1. The monoisotopic (exact) mass is 496 g/mol. The summed E-state index contributed by atoms with van der Waals surface area (Å²) >= 11 is 0. The van der Waals surface area contributed by atoms with Gasteiger partial charge in [-0.05, 0) is 50.5 Å². The molecule has 5 heterocycles. The van der Waals surface area contributed by atoms with Gasteiger partial charge in [0.15, 0.2) is 0 Å². The topological polar surface area (TPSA) is 78.8 Å². The van der Waals surface area contributed by atoms with Crippen molar-refractivity contribution >= 4 is 16.8 Å². The molecule has 37 heavy (non-hydrogen) atoms. The summed E-state index contributed by atoms with van der Waals surface area (Å²) in [5.41, 5.74) is 4.93. The van der Waals surface area contributed by atoms with E-state index in [9.17, 15) is 9.18 Å². The number of likely N-dealkylation sites (tertiary alicyclic amines) is 1. The minimum absolute atomic E-state index is 0.0369. The number of aryl methyl sites for hydroxylation is 1. The fraction of sp³-hybridized carbons (Fsp3) is 0.345. The number of imidazole rings is 1. The number of nitrogens with zero attached hydrogens (tertiary/aromatic N) is 4. The number of nitrogens with one attached hydrogen (secondary N) is 2. The molecule has 3 aromatic heterocycles. The molecule has 6 rings (SSSR count). The second-order valence-corrected chi connectivity index (χ2v) is 10.6. The summed E-state index contributed by atoms with van der Waals surface area (Å²) in [4.78, 5) is 28.3. The van der Waals surface area contributed by atoms with Crippen molar-refractivity contribution in [3.8, 4) is 11.8 Å². The van der Waals surface area contributed by atoms with Crippen molar-refractivity contribution in [1.82, 2.24) is 29.7 Å². The van der Waals surface area contributed by atoms with Gasteiger partial charge in [-0.2, -0.15) is 0 Å². The van der Waals surface area contributed by atoms with E-state index in [0.29, 0.717) is 11.4 Å². The van der Waals surface area contributed by atoms with Gasteiger partial charge in [0.05, 0.1) is 24.0 Å². The Hall–Kier alpha value is -3.96. The van der Waals surface area contributed by atoms with Crippen molar-refractivity contribution < 1.29 is 9.18 Å². The molecule has 1 aromatic carbocycles. The van der Waals surface area contributed by atoms with Crippen LogP contribution in [-0.2, 0) is 13.0 Å². The van der Waals surface area contributed by atoms with Crippen LogP contribution in [0.5, 0.6) is 0 Å². The van der Waals surface area contributed by atoms with Crippen molar-refractivity contribution in [2.75, 3.05) is 20.1 Å². The molecule has 0 radical (unpaired) electrons. The molecule has 2 aliphatic heterocycles. The third kappa shape index (κ3) is 4.51. The van der Waals surface area contributed by atoms with E-state index in [2.05, 4.69) is 51.0 Å². The summed E-state index contributed by atoms with van der Waals surface area (Å²) in [5.74, 6) is 6.29. The first kappa shape index (κ1) is 23.4. The highest BCUT2D eigenvalue weighted by molar-refractivity contribution is 5.93. The Labute approximate surface area is 215 Å². The first-order valence-electron chi connectivity index (χ1n) is 12.5. The maximum absolute atomic E-state index is 14.2. The summed E-state index contributed by atoms with van der Waals surface area (Å²) in [6.07, 6.45) is 0.981. The SMILES string of the molecule is Cc1cc(C#CC2(C)CN(C)C2)cc(C(=O)NC(c2cc3ccccc3[nH]2)c2ncn3c2C[C@@H](F)C3)n1. The van der Waals surface area contributed by atoms with Crippen LogP contribution in [-0.4, -0.2) is 56.6 Å². The highest BCUT2D eigenvalue weighted by atomic mass is 19.1. The normalized spacial score (nSPS) is 19.1. The molecule has 2 atom stereocenters. The van der Waals surface area contributed by atoms with Gasteiger partial charge in [-0.25, -0.2) is 14.4 Å². The van der Waals surface area contributed by atoms with Gasteiger partial charge in [0.25, 0.3) is 5.91 Å². The number of fused-ring (bicyclic) bond motifs is 2. The number of aromatic amines is 1. The Balaban J connectivity index is 1.34. The van der Waals surface area contributed by atoms with Crippen LogP contribution in [0.1, 0.15) is 51.8 Å². The maximum Gasteiger partial charge on any atom is 0.270 e. The van der Waals surface area contributed by atoms with Crippen molar-refractivity contribution in [2.24, 2.45) is 5.41 Å². The number of benzene rings is 1. The smallest absolute Gasteiger partial charge is 0.270 e. The first-order chi connectivity index (χ1) is 17.8. The Morgan fingerprint density at radius 3 is 2.86 bits per heavy atom. The Bertz CT molecular complexity index is 1530. The van der Waals surface area contributed by atoms with Crippen LogP contribution in [0.2, 0.25) is 0 Å². The molecule has 4 aromatic rings. The van der Waals surface area contributed by atoms with Crippen molar-refractivity contribution in [3.63, 3.8) is 0 Å². The molecule has 0 saturated carbocycles. The van der Waals surface area contributed by atoms with Gasteiger partial charge in [-0.3, -0.25) is 4.79 Å². The lowest BCUT2D eigenvalue weighted by Gasteiger charge is -2.42. The highest BCUT2D eigenvalue weighted by Crippen LogP contribution is 2.31. The van der Waals surface area contributed by atoms with Gasteiger partial charge in [0, 0.05) is 47.7 Å². The minimum Gasteiger partial charge on any atom is -0.356 e. The zero-order valence-corrected chi connectivity index (χ0v) is 21.2. The zero-order chi connectivity index (χ0) is 25.7. The Morgan fingerprint density at radius 1 is 1.27 bits per heavy atom. The van der Waals surface area contributed by atoms with Gasteiger partial charge in [0.2, 0.25) is 0 Å². The lowest BCUT2D eigenvalue weighted by molar-refractivity contribution is 0.0916. The molecule has 1 unspecified atom stereocenters. The number of alkyl halides is 1. The van der Waals surface area contributed by atoms with Crippen LogP contribution in [0.4, 0.5) is 4.39 Å². The van der Waals surface area contributed by atoms with Gasteiger partial charge in [0.1, 0.15) is 17.9 Å². The summed E-state index contributed by atoms with van der Waals surface area (Å²) in [7, 11) is 2.08.